The van der Waals surface area contributed by atoms with E-state index in [1.54, 1.807) is 14.1 Å². The normalized spacial score (nSPS) is 29.6. The van der Waals surface area contributed by atoms with Crippen LogP contribution in [0.4, 0.5) is 0 Å². The maximum atomic E-state index is 11.4. The van der Waals surface area contributed by atoms with Crippen molar-refractivity contribution in [1.29, 1.82) is 0 Å². The molecule has 1 heterocycles. The lowest BCUT2D eigenvalue weighted by atomic mass is 9.87. The second-order valence-electron chi connectivity index (χ2n) is 4.91. The first-order valence-corrected chi connectivity index (χ1v) is 5.92. The molecule has 0 aromatic rings. The molecule has 0 saturated heterocycles. The molecule has 0 aromatic carbocycles. The number of aliphatic hydroxyl groups is 2. The molecule has 0 aromatic heterocycles. The Balaban J connectivity index is 3.34. The summed E-state index contributed by atoms with van der Waals surface area (Å²) in [6, 6.07) is 0. The molecule has 4 atom stereocenters. The second-order valence-corrected chi connectivity index (χ2v) is 4.91. The van der Waals surface area contributed by atoms with Gasteiger partial charge in [0.2, 0.25) is 5.60 Å². The van der Waals surface area contributed by atoms with Crippen molar-refractivity contribution in [3.63, 3.8) is 0 Å². The van der Waals surface area contributed by atoms with Gasteiger partial charge in [-0.25, -0.2) is 14.6 Å². The van der Waals surface area contributed by atoms with Crippen LogP contribution in [0, 0.1) is 0 Å². The SMILES string of the molecule is CC1N=C(N(C)C)NC(N)(C(O)(C(=O)O)C(O)C(=O)O)N1. The fourth-order valence-corrected chi connectivity index (χ4v) is 1.90. The van der Waals surface area contributed by atoms with E-state index in [4.69, 9.17) is 10.8 Å². The van der Waals surface area contributed by atoms with E-state index < -0.39 is 35.6 Å². The number of nitrogens with zero attached hydrogens (tertiary/aromatic N) is 2. The minimum absolute atomic E-state index is 0.112. The minimum atomic E-state index is -3.25. The highest BCUT2D eigenvalue weighted by molar-refractivity contribution is 5.90. The Bertz CT molecular complexity index is 483. The van der Waals surface area contributed by atoms with Crippen LogP contribution >= 0.6 is 0 Å². The monoisotopic (exact) mass is 305 g/mol. The van der Waals surface area contributed by atoms with E-state index in [1.807, 2.05) is 0 Å². The molecule has 11 nitrogen and oxygen atoms in total. The molecule has 1 aliphatic heterocycles. The summed E-state index contributed by atoms with van der Waals surface area (Å²) in [6.45, 7) is 1.52. The number of aliphatic carboxylic acids is 2. The largest absolute Gasteiger partial charge is 0.479 e. The van der Waals surface area contributed by atoms with E-state index >= 15 is 0 Å². The smallest absolute Gasteiger partial charge is 0.344 e. The Hall–Kier alpha value is -1.95. The molecule has 11 heteroatoms. The molecule has 8 N–H and O–H groups in total. The van der Waals surface area contributed by atoms with Gasteiger partial charge in [-0.15, -0.1) is 0 Å². The van der Waals surface area contributed by atoms with Crippen LogP contribution in [0.3, 0.4) is 0 Å². The van der Waals surface area contributed by atoms with Crippen LogP contribution in [0.1, 0.15) is 6.92 Å². The van der Waals surface area contributed by atoms with E-state index in [9.17, 15) is 24.9 Å². The minimum Gasteiger partial charge on any atom is -0.479 e. The molecule has 4 unspecified atom stereocenters. The van der Waals surface area contributed by atoms with Gasteiger partial charge >= 0.3 is 11.9 Å². The summed E-state index contributed by atoms with van der Waals surface area (Å²) in [6.07, 6.45) is -3.41. The molecule has 0 spiro atoms. The van der Waals surface area contributed by atoms with Crippen molar-refractivity contribution in [2.24, 2.45) is 10.7 Å². The Morgan fingerprint density at radius 2 is 2.00 bits per heavy atom. The predicted octanol–water partition coefficient (Wildman–Crippen LogP) is -3.68. The van der Waals surface area contributed by atoms with E-state index in [-0.39, 0.29) is 5.96 Å². The Labute approximate surface area is 120 Å². The molecule has 0 amide bonds. The third-order valence-electron chi connectivity index (χ3n) is 3.04. The van der Waals surface area contributed by atoms with Gasteiger partial charge in [0, 0.05) is 14.1 Å². The number of aliphatic hydroxyl groups excluding tert-OH is 1. The highest BCUT2D eigenvalue weighted by atomic mass is 16.4. The zero-order valence-corrected chi connectivity index (χ0v) is 11.7. The third kappa shape index (κ3) is 2.76. The van der Waals surface area contributed by atoms with Crippen molar-refractivity contribution in [2.45, 2.75) is 30.6 Å². The number of carboxylic acids is 2. The number of aliphatic imine (C=N–C) groups is 1. The Morgan fingerprint density at radius 3 is 2.38 bits per heavy atom. The summed E-state index contributed by atoms with van der Waals surface area (Å²) < 4.78 is 0. The quantitative estimate of drug-likeness (QED) is 0.273. The van der Waals surface area contributed by atoms with Crippen molar-refractivity contribution in [3.8, 4) is 0 Å². The van der Waals surface area contributed by atoms with Gasteiger partial charge in [0.1, 0.15) is 6.17 Å². The average Bonchev–Trinajstić information content (AvgIpc) is 2.34. The molecule has 0 saturated carbocycles. The Morgan fingerprint density at radius 1 is 1.48 bits per heavy atom. The maximum absolute atomic E-state index is 11.4. The standard InChI is InChI=1S/C10H19N5O6/c1-4-12-8(15(2)3)14-10(11,13-4)9(21,7(19)20)5(16)6(17)18/h4-5,13,16,21H,11H2,1-3H3,(H,12,14)(H,17,18)(H,19,20). The van der Waals surface area contributed by atoms with Crippen molar-refractivity contribution in [3.05, 3.63) is 0 Å². The average molecular weight is 305 g/mol. The third-order valence-corrected chi connectivity index (χ3v) is 3.04. The number of carbonyl (C=O) groups is 2. The van der Waals surface area contributed by atoms with Crippen LogP contribution < -0.4 is 16.4 Å². The number of nitrogens with two attached hydrogens (primary N) is 1. The van der Waals surface area contributed by atoms with Gasteiger partial charge < -0.3 is 30.6 Å². The summed E-state index contributed by atoms with van der Waals surface area (Å²) >= 11 is 0. The first-order valence-electron chi connectivity index (χ1n) is 5.92. The van der Waals surface area contributed by atoms with E-state index in [0.717, 1.165) is 0 Å². The van der Waals surface area contributed by atoms with Crippen molar-refractivity contribution >= 4 is 17.9 Å². The number of nitrogens with one attached hydrogen (secondary N) is 2. The van der Waals surface area contributed by atoms with Crippen LogP contribution in [0.15, 0.2) is 4.99 Å². The Kier molecular flexibility index (Phi) is 4.43. The molecule has 21 heavy (non-hydrogen) atoms. The van der Waals surface area contributed by atoms with E-state index in [0.29, 0.717) is 0 Å². The molecule has 1 rings (SSSR count). The van der Waals surface area contributed by atoms with E-state index in [1.165, 1.54) is 11.8 Å². The van der Waals surface area contributed by atoms with Crippen molar-refractivity contribution in [2.75, 3.05) is 14.1 Å². The maximum Gasteiger partial charge on any atom is 0.344 e. The molecule has 0 aliphatic carbocycles. The molecular weight excluding hydrogens is 286 g/mol. The van der Waals surface area contributed by atoms with Crippen LogP contribution in [0.25, 0.3) is 0 Å². The van der Waals surface area contributed by atoms with Gasteiger partial charge in [-0.2, -0.15) is 0 Å². The molecule has 0 bridgehead atoms. The van der Waals surface area contributed by atoms with Gasteiger partial charge in [-0.3, -0.25) is 11.1 Å². The number of rotatable bonds is 4. The van der Waals surface area contributed by atoms with Gasteiger partial charge in [-0.05, 0) is 6.92 Å². The molecule has 1 aliphatic rings. The first kappa shape index (κ1) is 17.1. The molecule has 120 valence electrons. The first-order chi connectivity index (χ1) is 9.45. The zero-order chi connectivity index (χ0) is 16.6. The summed E-state index contributed by atoms with van der Waals surface area (Å²) in [5.74, 6) is -6.19. The van der Waals surface area contributed by atoms with Gasteiger partial charge in [-0.1, -0.05) is 0 Å². The van der Waals surface area contributed by atoms with Crippen LogP contribution in [-0.2, 0) is 9.59 Å². The molecular formula is C10H19N5O6. The van der Waals surface area contributed by atoms with Crippen molar-refractivity contribution in [1.82, 2.24) is 15.5 Å². The van der Waals surface area contributed by atoms with Gasteiger partial charge in [0.25, 0.3) is 0 Å². The van der Waals surface area contributed by atoms with Crippen LogP contribution in [0.2, 0.25) is 0 Å². The number of hydrogen-bond acceptors (Lipinski definition) is 9. The summed E-state index contributed by atoms with van der Waals surface area (Å²) in [5, 5.41) is 42.7. The fraction of sp³-hybridized carbons (Fsp3) is 0.700. The number of hydrogen-bond donors (Lipinski definition) is 7. The zero-order valence-electron chi connectivity index (χ0n) is 11.7. The highest BCUT2D eigenvalue weighted by Crippen LogP contribution is 2.24. The molecule has 0 fully saturated rings. The summed E-state index contributed by atoms with van der Waals surface area (Å²) in [7, 11) is 3.16. The predicted molar refractivity (Wildman–Crippen MR) is 70.0 cm³/mol. The lowest BCUT2D eigenvalue weighted by Gasteiger charge is -2.47. The second kappa shape index (κ2) is 5.44. The van der Waals surface area contributed by atoms with Crippen LogP contribution in [-0.4, -0.2) is 81.0 Å². The topological polar surface area (TPSA) is 181 Å². The van der Waals surface area contributed by atoms with Crippen LogP contribution in [0.5, 0.6) is 0 Å². The van der Waals surface area contributed by atoms with E-state index in [2.05, 4.69) is 15.6 Å². The number of guanidine groups is 1. The lowest BCUT2D eigenvalue weighted by molar-refractivity contribution is -0.200. The molecule has 0 radical (unpaired) electrons. The number of carboxylic acid groups (broad SMARTS) is 2. The summed E-state index contributed by atoms with van der Waals surface area (Å²) in [5.41, 5.74) is 2.57. The van der Waals surface area contributed by atoms with Gasteiger partial charge in [0.05, 0.1) is 0 Å². The van der Waals surface area contributed by atoms with Crippen molar-refractivity contribution < 1.29 is 30.0 Å². The lowest BCUT2D eigenvalue weighted by Crippen LogP contribution is -2.86. The highest BCUT2D eigenvalue weighted by Gasteiger charge is 2.63. The fourth-order valence-electron chi connectivity index (χ4n) is 1.90. The van der Waals surface area contributed by atoms with Gasteiger partial charge in [0.15, 0.2) is 17.9 Å². The summed E-state index contributed by atoms with van der Waals surface area (Å²) in [4.78, 5) is 27.8.